The largest absolute Gasteiger partial charge is 0.456 e. The van der Waals surface area contributed by atoms with Crippen molar-refractivity contribution in [3.8, 4) is 44.8 Å². The maximum absolute atomic E-state index is 6.43. The van der Waals surface area contributed by atoms with Crippen LogP contribution in [-0.2, 0) is 0 Å². The Labute approximate surface area is 276 Å². The molecule has 0 saturated carbocycles. The molecule has 10 aromatic rings. The van der Waals surface area contributed by atoms with Gasteiger partial charge in [-0.05, 0) is 70.1 Å². The highest BCUT2D eigenvalue weighted by molar-refractivity contribution is 6.17. The van der Waals surface area contributed by atoms with Gasteiger partial charge in [-0.2, -0.15) is 0 Å². The van der Waals surface area contributed by atoms with Crippen LogP contribution < -0.4 is 0 Å². The van der Waals surface area contributed by atoms with E-state index < -0.39 is 0 Å². The third-order valence-electron chi connectivity index (χ3n) is 9.50. The summed E-state index contributed by atoms with van der Waals surface area (Å²) in [7, 11) is 0. The summed E-state index contributed by atoms with van der Waals surface area (Å²) >= 11 is 0. The molecule has 0 aliphatic carbocycles. The molecule has 3 aromatic heterocycles. The molecule has 0 N–H and O–H groups in total. The first-order valence-electron chi connectivity index (χ1n) is 16.2. The highest BCUT2D eigenvalue weighted by atomic mass is 16.3. The van der Waals surface area contributed by atoms with Crippen LogP contribution in [0.3, 0.4) is 0 Å². The van der Waals surface area contributed by atoms with Crippen LogP contribution in [0.15, 0.2) is 173 Å². The number of nitrogens with zero attached hydrogens (tertiary/aromatic N) is 1. The molecule has 0 spiro atoms. The van der Waals surface area contributed by atoms with Crippen LogP contribution in [0.1, 0.15) is 0 Å². The standard InChI is InChI=1S/C45H27NO2/c1-2-9-28(10-3-1)29-17-19-30(20-18-29)40-25-32(31-21-22-37-35-11-4-6-15-42(35)47-44(37)27-31)26-41(46-40)34-13-8-14-38-33(34)23-24-39-36-12-5-7-16-43(36)48-45(38)39/h1-27H. The van der Waals surface area contributed by atoms with E-state index in [1.807, 2.05) is 30.3 Å². The van der Waals surface area contributed by atoms with E-state index in [0.717, 1.165) is 88.3 Å². The monoisotopic (exact) mass is 613 g/mol. The molecule has 3 heterocycles. The van der Waals surface area contributed by atoms with E-state index in [1.54, 1.807) is 0 Å². The minimum absolute atomic E-state index is 0.873. The molecule has 0 radical (unpaired) electrons. The number of fused-ring (bicyclic) bond motifs is 8. The zero-order valence-corrected chi connectivity index (χ0v) is 25.9. The molecule has 0 fully saturated rings. The minimum atomic E-state index is 0.873. The predicted molar refractivity (Wildman–Crippen MR) is 198 cm³/mol. The number of rotatable bonds is 4. The first-order valence-corrected chi connectivity index (χ1v) is 16.2. The molecule has 0 aliphatic heterocycles. The van der Waals surface area contributed by atoms with Gasteiger partial charge in [-0.3, -0.25) is 0 Å². The smallest absolute Gasteiger partial charge is 0.143 e. The van der Waals surface area contributed by atoms with Crippen LogP contribution in [0.2, 0.25) is 0 Å². The Kier molecular flexibility index (Phi) is 5.87. The molecule has 3 nitrogen and oxygen atoms in total. The Morgan fingerprint density at radius 3 is 1.71 bits per heavy atom. The van der Waals surface area contributed by atoms with Gasteiger partial charge in [0.15, 0.2) is 0 Å². The van der Waals surface area contributed by atoms with Gasteiger partial charge in [0, 0.05) is 38.1 Å². The quantitative estimate of drug-likeness (QED) is 0.198. The number of hydrogen-bond donors (Lipinski definition) is 0. The van der Waals surface area contributed by atoms with E-state index >= 15 is 0 Å². The van der Waals surface area contributed by atoms with E-state index in [2.05, 4.69) is 133 Å². The molecule has 224 valence electrons. The molecule has 0 atom stereocenters. The Hall–Kier alpha value is -6.45. The lowest BCUT2D eigenvalue weighted by molar-refractivity contribution is 0.669. The summed E-state index contributed by atoms with van der Waals surface area (Å²) in [4.78, 5) is 5.32. The average molecular weight is 614 g/mol. The molecule has 3 heteroatoms. The Morgan fingerprint density at radius 2 is 0.875 bits per heavy atom. The van der Waals surface area contributed by atoms with E-state index in [-0.39, 0.29) is 0 Å². The number of hydrogen-bond acceptors (Lipinski definition) is 3. The second-order valence-corrected chi connectivity index (χ2v) is 12.3. The van der Waals surface area contributed by atoms with E-state index in [9.17, 15) is 0 Å². The lowest BCUT2D eigenvalue weighted by atomic mass is 9.95. The van der Waals surface area contributed by atoms with Gasteiger partial charge in [-0.1, -0.05) is 121 Å². The molecule has 7 aromatic carbocycles. The molecular formula is C45H27NO2. The van der Waals surface area contributed by atoms with Gasteiger partial charge in [-0.25, -0.2) is 4.98 Å². The van der Waals surface area contributed by atoms with Crippen molar-refractivity contribution in [2.45, 2.75) is 0 Å². The molecule has 0 saturated heterocycles. The normalized spacial score (nSPS) is 11.8. The third-order valence-corrected chi connectivity index (χ3v) is 9.50. The van der Waals surface area contributed by atoms with Crippen LogP contribution in [0.4, 0.5) is 0 Å². The van der Waals surface area contributed by atoms with Crippen molar-refractivity contribution in [3.05, 3.63) is 164 Å². The SMILES string of the molecule is c1ccc(-c2ccc(-c3cc(-c4ccc5c(c4)oc4ccccc45)cc(-c4cccc5c4ccc4c6ccccc6oc54)n3)cc2)cc1. The summed E-state index contributed by atoms with van der Waals surface area (Å²) < 4.78 is 12.7. The zero-order valence-electron chi connectivity index (χ0n) is 25.9. The van der Waals surface area contributed by atoms with Crippen LogP contribution >= 0.6 is 0 Å². The molecule has 0 amide bonds. The number of benzene rings is 7. The van der Waals surface area contributed by atoms with Gasteiger partial charge >= 0.3 is 0 Å². The molecular weight excluding hydrogens is 587 g/mol. The van der Waals surface area contributed by atoms with Crippen molar-refractivity contribution in [1.29, 1.82) is 0 Å². The molecule has 10 rings (SSSR count). The van der Waals surface area contributed by atoms with E-state index in [0.29, 0.717) is 0 Å². The van der Waals surface area contributed by atoms with E-state index in [1.165, 1.54) is 11.1 Å². The number of aromatic nitrogens is 1. The maximum Gasteiger partial charge on any atom is 0.143 e. The Bertz CT molecular complexity index is 2820. The summed E-state index contributed by atoms with van der Waals surface area (Å²) in [5, 5.41) is 6.67. The topological polar surface area (TPSA) is 39.2 Å². The maximum atomic E-state index is 6.43. The van der Waals surface area contributed by atoms with Gasteiger partial charge in [0.2, 0.25) is 0 Å². The van der Waals surface area contributed by atoms with Crippen molar-refractivity contribution < 1.29 is 8.83 Å². The van der Waals surface area contributed by atoms with Crippen molar-refractivity contribution in [2.75, 3.05) is 0 Å². The van der Waals surface area contributed by atoms with Crippen LogP contribution in [0, 0.1) is 0 Å². The van der Waals surface area contributed by atoms with Gasteiger partial charge in [-0.15, -0.1) is 0 Å². The second-order valence-electron chi connectivity index (χ2n) is 12.3. The third kappa shape index (κ3) is 4.25. The molecule has 48 heavy (non-hydrogen) atoms. The van der Waals surface area contributed by atoms with Crippen molar-refractivity contribution >= 4 is 54.6 Å². The van der Waals surface area contributed by atoms with Crippen molar-refractivity contribution in [3.63, 3.8) is 0 Å². The first-order chi connectivity index (χ1) is 23.8. The Morgan fingerprint density at radius 1 is 0.312 bits per heavy atom. The van der Waals surface area contributed by atoms with Crippen LogP contribution in [-0.4, -0.2) is 4.98 Å². The highest BCUT2D eigenvalue weighted by Gasteiger charge is 2.16. The summed E-state index contributed by atoms with van der Waals surface area (Å²) in [6.07, 6.45) is 0. The van der Waals surface area contributed by atoms with E-state index in [4.69, 9.17) is 13.8 Å². The molecule has 0 unspecified atom stereocenters. The zero-order chi connectivity index (χ0) is 31.6. The summed E-state index contributed by atoms with van der Waals surface area (Å²) in [5.41, 5.74) is 12.0. The fourth-order valence-electron chi connectivity index (χ4n) is 7.12. The van der Waals surface area contributed by atoms with Crippen molar-refractivity contribution in [2.24, 2.45) is 0 Å². The van der Waals surface area contributed by atoms with Gasteiger partial charge in [0.05, 0.1) is 11.4 Å². The molecule has 0 bridgehead atoms. The fourth-order valence-corrected chi connectivity index (χ4v) is 7.12. The number of para-hydroxylation sites is 2. The second kappa shape index (κ2) is 10.5. The highest BCUT2D eigenvalue weighted by Crippen LogP contribution is 2.40. The fraction of sp³-hybridized carbons (Fsp3) is 0. The lowest BCUT2D eigenvalue weighted by Gasteiger charge is -2.13. The number of furan rings is 2. The van der Waals surface area contributed by atoms with Gasteiger partial charge in [0.25, 0.3) is 0 Å². The summed E-state index contributed by atoms with van der Waals surface area (Å²) in [5.74, 6) is 0. The number of pyridine rings is 1. The first kappa shape index (κ1) is 26.7. The van der Waals surface area contributed by atoms with Gasteiger partial charge < -0.3 is 8.83 Å². The Balaban J connectivity index is 1.18. The lowest BCUT2D eigenvalue weighted by Crippen LogP contribution is -1.92. The predicted octanol–water partition coefficient (Wildman–Crippen LogP) is 12.7. The van der Waals surface area contributed by atoms with Gasteiger partial charge in [0.1, 0.15) is 22.3 Å². The van der Waals surface area contributed by atoms with Crippen LogP contribution in [0.5, 0.6) is 0 Å². The molecule has 0 aliphatic rings. The van der Waals surface area contributed by atoms with Crippen LogP contribution in [0.25, 0.3) is 99.4 Å². The average Bonchev–Trinajstić information content (AvgIpc) is 3.73. The summed E-state index contributed by atoms with van der Waals surface area (Å²) in [6.45, 7) is 0. The minimum Gasteiger partial charge on any atom is -0.456 e. The summed E-state index contributed by atoms with van der Waals surface area (Å²) in [6, 6.07) is 57.3. The van der Waals surface area contributed by atoms with Crippen molar-refractivity contribution in [1.82, 2.24) is 4.98 Å².